The highest BCUT2D eigenvalue weighted by Gasteiger charge is 2.23. The van der Waals surface area contributed by atoms with Crippen LogP contribution in [-0.2, 0) is 12.2 Å². The third kappa shape index (κ3) is 3.89. The van der Waals surface area contributed by atoms with Gasteiger partial charge in [0.25, 0.3) is 5.56 Å². The lowest BCUT2D eigenvalue weighted by molar-refractivity contribution is 0.354. The normalized spacial score (nSPS) is 12.7. The SMILES string of the molecule is COc1ccc(-n2c(SCc3ccccc3C)nc3c(c2=O)SCC3)cc1OC. The summed E-state index contributed by atoms with van der Waals surface area (Å²) in [4.78, 5) is 18.9. The lowest BCUT2D eigenvalue weighted by atomic mass is 10.1. The molecule has 1 aliphatic heterocycles. The molecule has 0 aliphatic carbocycles. The van der Waals surface area contributed by atoms with Crippen molar-refractivity contribution in [3.05, 3.63) is 69.6 Å². The van der Waals surface area contributed by atoms with Crippen molar-refractivity contribution in [3.8, 4) is 17.2 Å². The minimum absolute atomic E-state index is 0.0167. The molecule has 1 aliphatic rings. The number of nitrogens with zero attached hydrogens (tertiary/aromatic N) is 2. The Morgan fingerprint density at radius 2 is 1.93 bits per heavy atom. The van der Waals surface area contributed by atoms with Gasteiger partial charge in [-0.2, -0.15) is 0 Å². The highest BCUT2D eigenvalue weighted by molar-refractivity contribution is 7.99. The van der Waals surface area contributed by atoms with E-state index in [4.69, 9.17) is 14.5 Å². The first kappa shape index (κ1) is 19.9. The van der Waals surface area contributed by atoms with Crippen LogP contribution in [0.1, 0.15) is 16.8 Å². The molecule has 29 heavy (non-hydrogen) atoms. The van der Waals surface area contributed by atoms with Crippen LogP contribution in [0.5, 0.6) is 11.5 Å². The lowest BCUT2D eigenvalue weighted by Gasteiger charge is -2.16. The van der Waals surface area contributed by atoms with E-state index in [0.717, 1.165) is 34.2 Å². The molecule has 7 heteroatoms. The number of benzene rings is 2. The summed E-state index contributed by atoms with van der Waals surface area (Å²) in [5, 5.41) is 0.701. The Bertz CT molecular complexity index is 1110. The Morgan fingerprint density at radius 1 is 1.14 bits per heavy atom. The van der Waals surface area contributed by atoms with Gasteiger partial charge in [-0.25, -0.2) is 4.98 Å². The lowest BCUT2D eigenvalue weighted by Crippen LogP contribution is -2.24. The highest BCUT2D eigenvalue weighted by atomic mass is 32.2. The summed E-state index contributed by atoms with van der Waals surface area (Å²) in [6, 6.07) is 13.8. The Labute approximate surface area is 178 Å². The van der Waals surface area contributed by atoms with Gasteiger partial charge in [-0.15, -0.1) is 11.8 Å². The Balaban J connectivity index is 1.80. The van der Waals surface area contributed by atoms with Gasteiger partial charge in [-0.1, -0.05) is 36.0 Å². The molecule has 4 rings (SSSR count). The standard InChI is InChI=1S/C22H22N2O3S2/c1-14-6-4-5-7-15(14)13-29-22-23-17-10-11-28-20(17)21(25)24(22)16-8-9-18(26-2)19(12-16)27-3/h4-9,12H,10-11,13H2,1-3H3. The Morgan fingerprint density at radius 3 is 2.69 bits per heavy atom. The van der Waals surface area contributed by atoms with E-state index >= 15 is 0 Å². The summed E-state index contributed by atoms with van der Waals surface area (Å²) < 4.78 is 12.5. The van der Waals surface area contributed by atoms with Crippen LogP contribution in [0, 0.1) is 6.92 Å². The fourth-order valence-electron chi connectivity index (χ4n) is 3.30. The molecule has 3 aromatic rings. The molecule has 0 atom stereocenters. The fraction of sp³-hybridized carbons (Fsp3) is 0.273. The van der Waals surface area contributed by atoms with Gasteiger partial charge in [-0.3, -0.25) is 9.36 Å². The molecule has 0 radical (unpaired) electrons. The topological polar surface area (TPSA) is 53.4 Å². The predicted molar refractivity (Wildman–Crippen MR) is 118 cm³/mol. The van der Waals surface area contributed by atoms with Gasteiger partial charge < -0.3 is 9.47 Å². The quantitative estimate of drug-likeness (QED) is 0.427. The summed E-state index contributed by atoms with van der Waals surface area (Å²) in [6.07, 6.45) is 0.833. The summed E-state index contributed by atoms with van der Waals surface area (Å²) in [6.45, 7) is 2.10. The number of ether oxygens (including phenoxy) is 2. The summed E-state index contributed by atoms with van der Waals surface area (Å²) >= 11 is 3.17. The minimum Gasteiger partial charge on any atom is -0.493 e. The van der Waals surface area contributed by atoms with Crippen molar-refractivity contribution in [2.45, 2.75) is 29.1 Å². The van der Waals surface area contributed by atoms with Gasteiger partial charge in [0, 0.05) is 24.0 Å². The van der Waals surface area contributed by atoms with Crippen molar-refractivity contribution in [3.63, 3.8) is 0 Å². The summed E-state index contributed by atoms with van der Waals surface area (Å²) in [5.41, 5.74) is 4.08. The first-order chi connectivity index (χ1) is 14.1. The average molecular weight is 427 g/mol. The molecule has 0 bridgehead atoms. The number of aryl methyl sites for hydroxylation is 2. The third-order valence-electron chi connectivity index (χ3n) is 4.91. The van der Waals surface area contributed by atoms with Crippen LogP contribution in [0.4, 0.5) is 0 Å². The number of methoxy groups -OCH3 is 2. The maximum Gasteiger partial charge on any atom is 0.272 e. The van der Waals surface area contributed by atoms with E-state index in [0.29, 0.717) is 16.7 Å². The van der Waals surface area contributed by atoms with Crippen molar-refractivity contribution < 1.29 is 9.47 Å². The van der Waals surface area contributed by atoms with Crippen LogP contribution in [0.25, 0.3) is 5.69 Å². The molecule has 1 aromatic heterocycles. The second-order valence-corrected chi connectivity index (χ2v) is 8.71. The van der Waals surface area contributed by atoms with Crippen LogP contribution < -0.4 is 15.0 Å². The van der Waals surface area contributed by atoms with Gasteiger partial charge in [0.15, 0.2) is 16.7 Å². The predicted octanol–water partition coefficient (Wildman–Crippen LogP) is 4.50. The Hall–Kier alpha value is -2.38. The summed E-state index contributed by atoms with van der Waals surface area (Å²) in [5.74, 6) is 2.86. The van der Waals surface area contributed by atoms with Gasteiger partial charge >= 0.3 is 0 Å². The molecule has 150 valence electrons. The molecule has 0 amide bonds. The van der Waals surface area contributed by atoms with E-state index < -0.39 is 0 Å². The van der Waals surface area contributed by atoms with Crippen LogP contribution in [0.2, 0.25) is 0 Å². The summed E-state index contributed by atoms with van der Waals surface area (Å²) in [7, 11) is 3.19. The van der Waals surface area contributed by atoms with Crippen molar-refractivity contribution in [2.24, 2.45) is 0 Å². The largest absolute Gasteiger partial charge is 0.493 e. The number of hydrogen-bond acceptors (Lipinski definition) is 6. The van der Waals surface area contributed by atoms with Crippen molar-refractivity contribution in [1.29, 1.82) is 0 Å². The van der Waals surface area contributed by atoms with E-state index in [2.05, 4.69) is 19.1 Å². The average Bonchev–Trinajstić information content (AvgIpc) is 3.22. The monoisotopic (exact) mass is 426 g/mol. The van der Waals surface area contributed by atoms with E-state index in [1.807, 2.05) is 30.3 Å². The van der Waals surface area contributed by atoms with Gasteiger partial charge in [0.2, 0.25) is 0 Å². The molecule has 0 unspecified atom stereocenters. The molecule has 0 spiro atoms. The number of fused-ring (bicyclic) bond motifs is 1. The number of hydrogen-bond donors (Lipinski definition) is 0. The fourth-order valence-corrected chi connectivity index (χ4v) is 5.42. The van der Waals surface area contributed by atoms with Crippen LogP contribution >= 0.6 is 23.5 Å². The van der Waals surface area contributed by atoms with Crippen molar-refractivity contribution in [2.75, 3.05) is 20.0 Å². The molecule has 2 heterocycles. The molecular weight excluding hydrogens is 404 g/mol. The maximum atomic E-state index is 13.3. The zero-order valence-electron chi connectivity index (χ0n) is 16.6. The maximum absolute atomic E-state index is 13.3. The Kier molecular flexibility index (Phi) is 5.87. The van der Waals surface area contributed by atoms with E-state index in [1.54, 1.807) is 42.3 Å². The highest BCUT2D eigenvalue weighted by Crippen LogP contribution is 2.34. The number of aromatic nitrogens is 2. The third-order valence-corrected chi connectivity index (χ3v) is 7.00. The molecule has 0 fully saturated rings. The van der Waals surface area contributed by atoms with E-state index in [-0.39, 0.29) is 5.56 Å². The number of rotatable bonds is 6. The molecule has 5 nitrogen and oxygen atoms in total. The first-order valence-electron chi connectivity index (χ1n) is 9.30. The zero-order valence-corrected chi connectivity index (χ0v) is 18.2. The van der Waals surface area contributed by atoms with Crippen molar-refractivity contribution in [1.82, 2.24) is 9.55 Å². The molecule has 0 saturated heterocycles. The zero-order chi connectivity index (χ0) is 20.4. The number of thioether (sulfide) groups is 2. The molecule has 0 saturated carbocycles. The van der Waals surface area contributed by atoms with Gasteiger partial charge in [-0.05, 0) is 30.2 Å². The van der Waals surface area contributed by atoms with Crippen molar-refractivity contribution >= 4 is 23.5 Å². The van der Waals surface area contributed by atoms with E-state index in [1.165, 1.54) is 11.1 Å². The second kappa shape index (κ2) is 8.55. The van der Waals surface area contributed by atoms with Crippen LogP contribution in [0.15, 0.2) is 57.3 Å². The van der Waals surface area contributed by atoms with Crippen LogP contribution in [0.3, 0.4) is 0 Å². The van der Waals surface area contributed by atoms with Gasteiger partial charge in [0.05, 0.1) is 30.5 Å². The minimum atomic E-state index is -0.0167. The van der Waals surface area contributed by atoms with Gasteiger partial charge in [0.1, 0.15) is 0 Å². The molecule has 2 aromatic carbocycles. The first-order valence-corrected chi connectivity index (χ1v) is 11.3. The van der Waals surface area contributed by atoms with Crippen LogP contribution in [-0.4, -0.2) is 29.5 Å². The van der Waals surface area contributed by atoms with E-state index in [9.17, 15) is 4.79 Å². The molecular formula is C22H22N2O3S2. The molecule has 0 N–H and O–H groups in total. The second-order valence-electron chi connectivity index (χ2n) is 6.66. The smallest absolute Gasteiger partial charge is 0.272 e.